The number of carbonyl (C=O) groups excluding carboxylic acids is 2. The van der Waals surface area contributed by atoms with Crippen LogP contribution in [-0.2, 0) is 26.2 Å². The molecule has 1 atom stereocenters. The quantitative estimate of drug-likeness (QED) is 0.377. The monoisotopic (exact) mass is 557 g/mol. The summed E-state index contributed by atoms with van der Waals surface area (Å²) in [7, 11) is -2.66. The minimum atomic E-state index is -4.15. The molecular formula is C28H32ClN3O5S. The van der Waals surface area contributed by atoms with E-state index in [0.717, 1.165) is 9.87 Å². The van der Waals surface area contributed by atoms with Crippen LogP contribution in [0.2, 0.25) is 5.02 Å². The first-order valence-corrected chi connectivity index (χ1v) is 13.9. The summed E-state index contributed by atoms with van der Waals surface area (Å²) in [5.41, 5.74) is 1.98. The lowest BCUT2D eigenvalue weighted by atomic mass is 10.1. The third-order valence-corrected chi connectivity index (χ3v) is 8.03. The first-order valence-electron chi connectivity index (χ1n) is 12.1. The van der Waals surface area contributed by atoms with Crippen molar-refractivity contribution in [3.63, 3.8) is 0 Å². The van der Waals surface area contributed by atoms with Gasteiger partial charge in [-0.1, -0.05) is 41.4 Å². The van der Waals surface area contributed by atoms with Crippen molar-refractivity contribution in [1.29, 1.82) is 0 Å². The molecule has 3 aromatic carbocycles. The SMILES string of the molecule is CCNC(=O)[C@@H](C)N(Cc1cccc(Cl)c1)C(=O)CN(c1ccc(C)cc1)S(=O)(=O)c1ccc(OC)cc1. The fourth-order valence-electron chi connectivity index (χ4n) is 3.85. The predicted octanol–water partition coefficient (Wildman–Crippen LogP) is 4.41. The number of amides is 2. The number of aryl methyl sites for hydroxylation is 1. The standard InChI is InChI=1S/C28H32ClN3O5S/c1-5-30-28(34)21(3)31(18-22-7-6-8-23(29)17-22)27(33)19-32(24-11-9-20(2)10-12-24)38(35,36)26-15-13-25(37-4)14-16-26/h6-17,21H,5,18-19H2,1-4H3,(H,30,34)/t21-/m1/s1. The number of carbonyl (C=O) groups is 2. The molecule has 1 N–H and O–H groups in total. The molecule has 38 heavy (non-hydrogen) atoms. The van der Waals surface area contributed by atoms with E-state index in [-0.39, 0.29) is 17.3 Å². The highest BCUT2D eigenvalue weighted by molar-refractivity contribution is 7.92. The molecule has 0 bridgehead atoms. The van der Waals surface area contributed by atoms with Crippen LogP contribution >= 0.6 is 11.6 Å². The Labute approximate surface area is 229 Å². The molecule has 10 heteroatoms. The lowest BCUT2D eigenvalue weighted by Gasteiger charge is -2.32. The van der Waals surface area contributed by atoms with Gasteiger partial charge in [-0.3, -0.25) is 13.9 Å². The van der Waals surface area contributed by atoms with Gasteiger partial charge in [-0.15, -0.1) is 0 Å². The summed E-state index contributed by atoms with van der Waals surface area (Å²) in [6, 6.07) is 18.9. The largest absolute Gasteiger partial charge is 0.497 e. The number of likely N-dealkylation sites (N-methyl/N-ethyl adjacent to an activating group) is 1. The summed E-state index contributed by atoms with van der Waals surface area (Å²) >= 11 is 6.15. The lowest BCUT2D eigenvalue weighted by Crippen LogP contribution is -2.51. The number of halogens is 1. The molecule has 0 aliphatic rings. The maximum absolute atomic E-state index is 13.8. The van der Waals surface area contributed by atoms with Crippen molar-refractivity contribution in [2.45, 2.75) is 38.3 Å². The molecule has 3 aromatic rings. The smallest absolute Gasteiger partial charge is 0.264 e. The number of hydrogen-bond acceptors (Lipinski definition) is 5. The molecule has 3 rings (SSSR count). The Bertz CT molecular complexity index is 1360. The lowest BCUT2D eigenvalue weighted by molar-refractivity contribution is -0.139. The zero-order valence-electron chi connectivity index (χ0n) is 21.8. The highest BCUT2D eigenvalue weighted by atomic mass is 35.5. The Morgan fingerprint density at radius 3 is 2.26 bits per heavy atom. The second kappa shape index (κ2) is 12.8. The minimum Gasteiger partial charge on any atom is -0.497 e. The number of ether oxygens (including phenoxy) is 1. The Morgan fingerprint density at radius 1 is 1.03 bits per heavy atom. The Kier molecular flexibility index (Phi) is 9.77. The maximum atomic E-state index is 13.8. The number of sulfonamides is 1. The molecule has 0 aromatic heterocycles. The second-order valence-corrected chi connectivity index (χ2v) is 11.0. The van der Waals surface area contributed by atoms with Crippen LogP contribution in [0.3, 0.4) is 0 Å². The summed E-state index contributed by atoms with van der Waals surface area (Å²) in [6.45, 7) is 5.24. The highest BCUT2D eigenvalue weighted by Gasteiger charge is 2.32. The van der Waals surface area contributed by atoms with Gasteiger partial charge in [0.2, 0.25) is 11.8 Å². The first kappa shape index (κ1) is 29.0. The van der Waals surface area contributed by atoms with E-state index in [2.05, 4.69) is 5.32 Å². The van der Waals surface area contributed by atoms with Gasteiger partial charge in [-0.2, -0.15) is 0 Å². The average Bonchev–Trinajstić information content (AvgIpc) is 2.90. The third-order valence-electron chi connectivity index (χ3n) is 6.01. The zero-order chi connectivity index (χ0) is 27.9. The van der Waals surface area contributed by atoms with Gasteiger partial charge >= 0.3 is 0 Å². The second-order valence-electron chi connectivity index (χ2n) is 8.74. The van der Waals surface area contributed by atoms with Crippen LogP contribution in [0.4, 0.5) is 5.69 Å². The highest BCUT2D eigenvalue weighted by Crippen LogP contribution is 2.26. The van der Waals surface area contributed by atoms with Gasteiger partial charge in [-0.05, 0) is 74.9 Å². The van der Waals surface area contributed by atoms with Crippen LogP contribution < -0.4 is 14.4 Å². The Morgan fingerprint density at radius 2 is 1.68 bits per heavy atom. The molecule has 0 unspecified atom stereocenters. The molecule has 0 aliphatic carbocycles. The first-order chi connectivity index (χ1) is 18.1. The van der Waals surface area contributed by atoms with Crippen molar-refractivity contribution in [1.82, 2.24) is 10.2 Å². The fraction of sp³-hybridized carbons (Fsp3) is 0.286. The number of anilines is 1. The predicted molar refractivity (Wildman–Crippen MR) is 149 cm³/mol. The third kappa shape index (κ3) is 7.05. The van der Waals surface area contributed by atoms with Gasteiger partial charge in [0.1, 0.15) is 18.3 Å². The van der Waals surface area contributed by atoms with Gasteiger partial charge in [0, 0.05) is 18.1 Å². The Hall–Kier alpha value is -3.56. The van der Waals surface area contributed by atoms with Crippen LogP contribution in [-0.4, -0.2) is 51.4 Å². The van der Waals surface area contributed by atoms with E-state index in [0.29, 0.717) is 28.6 Å². The molecule has 202 valence electrons. The molecule has 0 saturated carbocycles. The van der Waals surface area contributed by atoms with Crippen molar-refractivity contribution in [3.8, 4) is 5.75 Å². The number of nitrogens with zero attached hydrogens (tertiary/aromatic N) is 2. The molecule has 0 radical (unpaired) electrons. The van der Waals surface area contributed by atoms with Gasteiger partial charge < -0.3 is 15.0 Å². The number of nitrogens with one attached hydrogen (secondary N) is 1. The maximum Gasteiger partial charge on any atom is 0.264 e. The number of methoxy groups -OCH3 is 1. The normalized spacial score (nSPS) is 11.9. The van der Waals surface area contributed by atoms with E-state index >= 15 is 0 Å². The summed E-state index contributed by atoms with van der Waals surface area (Å²) in [5, 5.41) is 3.22. The summed E-state index contributed by atoms with van der Waals surface area (Å²) in [4.78, 5) is 27.9. The number of benzene rings is 3. The number of rotatable bonds is 11. The van der Waals surface area contributed by atoms with Crippen LogP contribution in [0.5, 0.6) is 5.75 Å². The summed E-state index contributed by atoms with van der Waals surface area (Å²) in [5.74, 6) is -0.380. The summed E-state index contributed by atoms with van der Waals surface area (Å²) < 4.78 is 33.8. The zero-order valence-corrected chi connectivity index (χ0v) is 23.4. The molecule has 0 aliphatic heterocycles. The van der Waals surface area contributed by atoms with Crippen LogP contribution in [0.15, 0.2) is 77.7 Å². The van der Waals surface area contributed by atoms with E-state index in [9.17, 15) is 18.0 Å². The van der Waals surface area contributed by atoms with Gasteiger partial charge in [0.25, 0.3) is 10.0 Å². The molecule has 0 fully saturated rings. The van der Waals surface area contributed by atoms with E-state index in [1.54, 1.807) is 74.5 Å². The van der Waals surface area contributed by atoms with Crippen molar-refractivity contribution < 1.29 is 22.7 Å². The van der Waals surface area contributed by atoms with Gasteiger partial charge in [-0.25, -0.2) is 8.42 Å². The van der Waals surface area contributed by atoms with Crippen molar-refractivity contribution in [3.05, 3.63) is 88.9 Å². The molecule has 0 heterocycles. The number of hydrogen-bond donors (Lipinski definition) is 1. The van der Waals surface area contributed by atoms with Gasteiger partial charge in [0.15, 0.2) is 0 Å². The van der Waals surface area contributed by atoms with E-state index < -0.39 is 28.5 Å². The van der Waals surface area contributed by atoms with E-state index in [1.165, 1.54) is 24.1 Å². The van der Waals surface area contributed by atoms with E-state index in [4.69, 9.17) is 16.3 Å². The van der Waals surface area contributed by atoms with Crippen LogP contribution in [0, 0.1) is 6.92 Å². The minimum absolute atomic E-state index is 0.00448. The average molecular weight is 558 g/mol. The molecule has 8 nitrogen and oxygen atoms in total. The van der Waals surface area contributed by atoms with Crippen molar-refractivity contribution in [2.75, 3.05) is 24.5 Å². The van der Waals surface area contributed by atoms with Crippen LogP contribution in [0.25, 0.3) is 0 Å². The fourth-order valence-corrected chi connectivity index (χ4v) is 5.48. The molecular weight excluding hydrogens is 526 g/mol. The molecule has 0 spiro atoms. The van der Waals surface area contributed by atoms with E-state index in [1.807, 2.05) is 6.92 Å². The molecule has 0 saturated heterocycles. The Balaban J connectivity index is 2.02. The van der Waals surface area contributed by atoms with Crippen molar-refractivity contribution in [2.24, 2.45) is 0 Å². The van der Waals surface area contributed by atoms with Gasteiger partial charge in [0.05, 0.1) is 17.7 Å². The molecule has 2 amide bonds. The topological polar surface area (TPSA) is 96.0 Å². The van der Waals surface area contributed by atoms with Crippen LogP contribution in [0.1, 0.15) is 25.0 Å². The summed E-state index contributed by atoms with van der Waals surface area (Å²) in [6.07, 6.45) is 0. The van der Waals surface area contributed by atoms with Crippen molar-refractivity contribution >= 4 is 39.1 Å².